The van der Waals surface area contributed by atoms with Gasteiger partial charge in [-0.15, -0.1) is 0 Å². The number of ether oxygens (including phenoxy) is 1. The molecule has 4 nitrogen and oxygen atoms in total. The van der Waals surface area contributed by atoms with Gasteiger partial charge in [0.1, 0.15) is 5.75 Å². The van der Waals surface area contributed by atoms with E-state index in [1.54, 1.807) is 19.2 Å². The minimum Gasteiger partial charge on any atom is -0.497 e. The van der Waals surface area contributed by atoms with E-state index in [4.69, 9.17) is 10.5 Å². The molecule has 0 aliphatic carbocycles. The van der Waals surface area contributed by atoms with Crippen LogP contribution < -0.4 is 10.5 Å². The first-order chi connectivity index (χ1) is 8.11. The molecule has 0 saturated carbocycles. The standard InChI is InChI=1S/C13H13NO3/c1-17-11-5-4-8-6-10(12(15)13(14)16)3-2-9(8)7-11/h2-7,12,15H,1H3,(H2,14,16). The lowest BCUT2D eigenvalue weighted by atomic mass is 10.0. The van der Waals surface area contributed by atoms with Gasteiger partial charge in [-0.2, -0.15) is 0 Å². The molecule has 0 aliphatic rings. The molecule has 2 aromatic rings. The Morgan fingerprint density at radius 1 is 1.24 bits per heavy atom. The SMILES string of the molecule is COc1ccc2cc(C(O)C(N)=O)ccc2c1. The lowest BCUT2D eigenvalue weighted by Crippen LogP contribution is -2.20. The quantitative estimate of drug-likeness (QED) is 0.837. The maximum atomic E-state index is 10.9. The second kappa shape index (κ2) is 4.43. The Morgan fingerprint density at radius 3 is 2.53 bits per heavy atom. The topological polar surface area (TPSA) is 72.6 Å². The summed E-state index contributed by atoms with van der Waals surface area (Å²) in [5, 5.41) is 11.5. The molecule has 1 amide bonds. The number of primary amides is 1. The van der Waals surface area contributed by atoms with Gasteiger partial charge < -0.3 is 15.6 Å². The van der Waals surface area contributed by atoms with Crippen molar-refractivity contribution >= 4 is 16.7 Å². The van der Waals surface area contributed by atoms with Crippen LogP contribution in [0.3, 0.4) is 0 Å². The van der Waals surface area contributed by atoms with Crippen molar-refractivity contribution in [2.75, 3.05) is 7.11 Å². The summed E-state index contributed by atoms with van der Waals surface area (Å²) in [4.78, 5) is 10.9. The van der Waals surface area contributed by atoms with Gasteiger partial charge in [0.05, 0.1) is 7.11 Å². The van der Waals surface area contributed by atoms with Gasteiger partial charge in [-0.1, -0.05) is 18.2 Å². The predicted octanol–water partition coefficient (Wildman–Crippen LogP) is 1.37. The van der Waals surface area contributed by atoms with Crippen LogP contribution in [-0.4, -0.2) is 18.1 Å². The second-order valence-electron chi connectivity index (χ2n) is 3.78. The molecule has 88 valence electrons. The molecule has 3 N–H and O–H groups in total. The summed E-state index contributed by atoms with van der Waals surface area (Å²) >= 11 is 0. The van der Waals surface area contributed by atoms with Crippen molar-refractivity contribution in [1.29, 1.82) is 0 Å². The first kappa shape index (κ1) is 11.4. The van der Waals surface area contributed by atoms with Gasteiger partial charge in [0, 0.05) is 0 Å². The number of nitrogens with two attached hydrogens (primary N) is 1. The average molecular weight is 231 g/mol. The Kier molecular flexibility index (Phi) is 2.97. The lowest BCUT2D eigenvalue weighted by Gasteiger charge is -2.08. The number of carbonyl (C=O) groups is 1. The molecule has 2 rings (SSSR count). The monoisotopic (exact) mass is 231 g/mol. The number of carbonyl (C=O) groups excluding carboxylic acids is 1. The van der Waals surface area contributed by atoms with Gasteiger partial charge >= 0.3 is 0 Å². The highest BCUT2D eigenvalue weighted by molar-refractivity contribution is 5.87. The minimum atomic E-state index is -1.26. The van der Waals surface area contributed by atoms with Crippen molar-refractivity contribution in [2.24, 2.45) is 5.73 Å². The van der Waals surface area contributed by atoms with Crippen LogP contribution in [0.5, 0.6) is 5.75 Å². The number of hydrogen-bond donors (Lipinski definition) is 2. The van der Waals surface area contributed by atoms with Crippen molar-refractivity contribution in [3.05, 3.63) is 42.0 Å². The van der Waals surface area contributed by atoms with Gasteiger partial charge in [0.15, 0.2) is 6.10 Å². The number of benzene rings is 2. The number of fused-ring (bicyclic) bond motifs is 1. The average Bonchev–Trinajstić information content (AvgIpc) is 2.36. The zero-order chi connectivity index (χ0) is 12.4. The molecule has 17 heavy (non-hydrogen) atoms. The Hall–Kier alpha value is -2.07. The fourth-order valence-corrected chi connectivity index (χ4v) is 1.70. The summed E-state index contributed by atoms with van der Waals surface area (Å²) in [7, 11) is 1.60. The van der Waals surface area contributed by atoms with Crippen molar-refractivity contribution in [1.82, 2.24) is 0 Å². The molecule has 0 radical (unpaired) electrons. The summed E-state index contributed by atoms with van der Waals surface area (Å²) in [6.07, 6.45) is -1.26. The van der Waals surface area contributed by atoms with Crippen LogP contribution in [0.4, 0.5) is 0 Å². The van der Waals surface area contributed by atoms with E-state index in [0.29, 0.717) is 5.56 Å². The minimum absolute atomic E-state index is 0.496. The molecule has 0 saturated heterocycles. The number of amides is 1. The van der Waals surface area contributed by atoms with Gasteiger partial charge in [0.2, 0.25) is 0 Å². The van der Waals surface area contributed by atoms with E-state index >= 15 is 0 Å². The Labute approximate surface area is 98.6 Å². The molecule has 2 aromatic carbocycles. The second-order valence-corrected chi connectivity index (χ2v) is 3.78. The van der Waals surface area contributed by atoms with E-state index < -0.39 is 12.0 Å². The molecule has 4 heteroatoms. The number of aliphatic hydroxyl groups is 1. The Morgan fingerprint density at radius 2 is 1.88 bits per heavy atom. The highest BCUT2D eigenvalue weighted by Gasteiger charge is 2.13. The molecule has 0 aliphatic heterocycles. The van der Waals surface area contributed by atoms with Crippen LogP contribution in [0.15, 0.2) is 36.4 Å². The number of rotatable bonds is 3. The third-order valence-electron chi connectivity index (χ3n) is 2.66. The van der Waals surface area contributed by atoms with E-state index in [0.717, 1.165) is 16.5 Å². The van der Waals surface area contributed by atoms with E-state index in [1.807, 2.05) is 24.3 Å². The molecule has 0 aromatic heterocycles. The Bertz CT molecular complexity index is 566. The maximum Gasteiger partial charge on any atom is 0.250 e. The van der Waals surface area contributed by atoms with Gasteiger partial charge in [-0.3, -0.25) is 4.79 Å². The van der Waals surface area contributed by atoms with Crippen LogP contribution in [0, 0.1) is 0 Å². The van der Waals surface area contributed by atoms with Crippen molar-refractivity contribution in [2.45, 2.75) is 6.10 Å². The summed E-state index contributed by atoms with van der Waals surface area (Å²) in [5.74, 6) is 0.0126. The van der Waals surface area contributed by atoms with Crippen molar-refractivity contribution in [3.63, 3.8) is 0 Å². The van der Waals surface area contributed by atoms with Crippen molar-refractivity contribution < 1.29 is 14.6 Å². The van der Waals surface area contributed by atoms with Gasteiger partial charge in [-0.25, -0.2) is 0 Å². The Balaban J connectivity index is 2.48. The molecule has 0 heterocycles. The molecule has 0 fully saturated rings. The highest BCUT2D eigenvalue weighted by Crippen LogP contribution is 2.24. The first-order valence-corrected chi connectivity index (χ1v) is 5.17. The third kappa shape index (κ3) is 2.21. The largest absolute Gasteiger partial charge is 0.497 e. The molecule has 1 unspecified atom stereocenters. The zero-order valence-corrected chi connectivity index (χ0v) is 9.38. The van der Waals surface area contributed by atoms with Crippen LogP contribution in [0.25, 0.3) is 10.8 Å². The van der Waals surface area contributed by atoms with Crippen LogP contribution in [0.1, 0.15) is 11.7 Å². The fourth-order valence-electron chi connectivity index (χ4n) is 1.70. The normalized spacial score (nSPS) is 12.4. The maximum absolute atomic E-state index is 10.9. The van der Waals surface area contributed by atoms with E-state index in [2.05, 4.69) is 0 Å². The van der Waals surface area contributed by atoms with Crippen LogP contribution >= 0.6 is 0 Å². The van der Waals surface area contributed by atoms with E-state index in [-0.39, 0.29) is 0 Å². The van der Waals surface area contributed by atoms with Gasteiger partial charge in [0.25, 0.3) is 5.91 Å². The highest BCUT2D eigenvalue weighted by atomic mass is 16.5. The lowest BCUT2D eigenvalue weighted by molar-refractivity contribution is -0.126. The summed E-state index contributed by atoms with van der Waals surface area (Å²) in [5.41, 5.74) is 5.54. The molecule has 0 spiro atoms. The van der Waals surface area contributed by atoms with E-state index in [9.17, 15) is 9.90 Å². The summed E-state index contributed by atoms with van der Waals surface area (Å²) in [6, 6.07) is 10.8. The summed E-state index contributed by atoms with van der Waals surface area (Å²) in [6.45, 7) is 0. The van der Waals surface area contributed by atoms with Crippen LogP contribution in [-0.2, 0) is 4.79 Å². The molecule has 0 bridgehead atoms. The first-order valence-electron chi connectivity index (χ1n) is 5.17. The van der Waals surface area contributed by atoms with Gasteiger partial charge in [-0.05, 0) is 34.5 Å². The fraction of sp³-hybridized carbons (Fsp3) is 0.154. The van der Waals surface area contributed by atoms with Crippen molar-refractivity contribution in [3.8, 4) is 5.75 Å². The number of hydrogen-bond acceptors (Lipinski definition) is 3. The number of methoxy groups -OCH3 is 1. The molecular weight excluding hydrogens is 218 g/mol. The number of aliphatic hydroxyl groups excluding tert-OH is 1. The third-order valence-corrected chi connectivity index (χ3v) is 2.66. The predicted molar refractivity (Wildman–Crippen MR) is 64.7 cm³/mol. The smallest absolute Gasteiger partial charge is 0.250 e. The molecule has 1 atom stereocenters. The zero-order valence-electron chi connectivity index (χ0n) is 9.38. The molecular formula is C13H13NO3. The van der Waals surface area contributed by atoms with E-state index in [1.165, 1.54) is 0 Å². The summed E-state index contributed by atoms with van der Waals surface area (Å²) < 4.78 is 5.11. The van der Waals surface area contributed by atoms with Crippen LogP contribution in [0.2, 0.25) is 0 Å².